The van der Waals surface area contributed by atoms with Crippen LogP contribution in [0.25, 0.3) is 0 Å². The van der Waals surface area contributed by atoms with Crippen LogP contribution in [0.15, 0.2) is 18.3 Å². The SMILES string of the molecule is FC(F)(F)c1ncccc1N1CC2CCCC2C1. The van der Waals surface area contributed by atoms with E-state index in [1.54, 1.807) is 6.07 Å². The van der Waals surface area contributed by atoms with Gasteiger partial charge < -0.3 is 4.90 Å². The van der Waals surface area contributed by atoms with Crippen LogP contribution in [0.2, 0.25) is 0 Å². The first-order valence-electron chi connectivity index (χ1n) is 6.33. The summed E-state index contributed by atoms with van der Waals surface area (Å²) in [5.74, 6) is 1.15. The number of fused-ring (bicyclic) bond motifs is 1. The summed E-state index contributed by atoms with van der Waals surface area (Å²) < 4.78 is 38.7. The van der Waals surface area contributed by atoms with Crippen LogP contribution in [0, 0.1) is 11.8 Å². The molecule has 1 aliphatic heterocycles. The minimum atomic E-state index is -4.37. The Balaban J connectivity index is 1.89. The third-order valence-electron chi connectivity index (χ3n) is 4.12. The first-order valence-corrected chi connectivity index (χ1v) is 6.33. The lowest BCUT2D eigenvalue weighted by Gasteiger charge is -2.22. The molecule has 0 N–H and O–H groups in total. The fourth-order valence-electron chi connectivity index (χ4n) is 3.30. The van der Waals surface area contributed by atoms with Crippen molar-refractivity contribution < 1.29 is 13.2 Å². The number of halogens is 3. The van der Waals surface area contributed by atoms with Gasteiger partial charge in [0.25, 0.3) is 0 Å². The molecule has 0 spiro atoms. The molecule has 1 saturated carbocycles. The zero-order chi connectivity index (χ0) is 12.8. The molecule has 0 radical (unpaired) electrons. The van der Waals surface area contributed by atoms with Gasteiger partial charge in [0.2, 0.25) is 0 Å². The topological polar surface area (TPSA) is 16.1 Å². The second-order valence-corrected chi connectivity index (χ2v) is 5.22. The monoisotopic (exact) mass is 256 g/mol. The third kappa shape index (κ3) is 1.95. The molecule has 2 aliphatic rings. The Bertz CT molecular complexity index is 432. The summed E-state index contributed by atoms with van der Waals surface area (Å²) >= 11 is 0. The van der Waals surface area contributed by atoms with Crippen LogP contribution >= 0.6 is 0 Å². The van der Waals surface area contributed by atoms with Gasteiger partial charge in [-0.2, -0.15) is 13.2 Å². The Kier molecular flexibility index (Phi) is 2.72. The average molecular weight is 256 g/mol. The van der Waals surface area contributed by atoms with Gasteiger partial charge in [-0.15, -0.1) is 0 Å². The molecule has 2 heterocycles. The molecule has 2 unspecified atom stereocenters. The van der Waals surface area contributed by atoms with Crippen LogP contribution < -0.4 is 4.90 Å². The largest absolute Gasteiger partial charge is 0.435 e. The highest BCUT2D eigenvalue weighted by atomic mass is 19.4. The van der Waals surface area contributed by atoms with Crippen molar-refractivity contribution in [1.29, 1.82) is 0 Å². The van der Waals surface area contributed by atoms with E-state index in [1.165, 1.54) is 18.7 Å². The van der Waals surface area contributed by atoms with E-state index in [1.807, 2.05) is 4.90 Å². The van der Waals surface area contributed by atoms with Crippen molar-refractivity contribution in [1.82, 2.24) is 4.98 Å². The van der Waals surface area contributed by atoms with Gasteiger partial charge in [0, 0.05) is 19.3 Å². The predicted molar refractivity (Wildman–Crippen MR) is 62.3 cm³/mol. The van der Waals surface area contributed by atoms with Gasteiger partial charge in [-0.05, 0) is 36.8 Å². The van der Waals surface area contributed by atoms with Gasteiger partial charge in [0.1, 0.15) is 0 Å². The van der Waals surface area contributed by atoms with Crippen molar-refractivity contribution >= 4 is 5.69 Å². The highest BCUT2D eigenvalue weighted by Gasteiger charge is 2.41. The maximum absolute atomic E-state index is 12.9. The van der Waals surface area contributed by atoms with Crippen LogP contribution in [0.3, 0.4) is 0 Å². The predicted octanol–water partition coefficient (Wildman–Crippen LogP) is 3.34. The number of pyridine rings is 1. The summed E-state index contributed by atoms with van der Waals surface area (Å²) in [5.41, 5.74) is -0.496. The molecule has 0 bridgehead atoms. The summed E-state index contributed by atoms with van der Waals surface area (Å²) in [5, 5.41) is 0. The van der Waals surface area contributed by atoms with E-state index in [2.05, 4.69) is 4.98 Å². The standard InChI is InChI=1S/C13H15F3N2/c14-13(15,16)12-11(5-2-6-17-12)18-7-9-3-1-4-10(9)8-18/h2,5-6,9-10H,1,3-4,7-8H2. The summed E-state index contributed by atoms with van der Waals surface area (Å²) in [6.07, 6.45) is 0.380. The van der Waals surface area contributed by atoms with Gasteiger partial charge in [-0.1, -0.05) is 6.42 Å². The number of rotatable bonds is 1. The number of alkyl halides is 3. The first kappa shape index (κ1) is 11.8. The van der Waals surface area contributed by atoms with Gasteiger partial charge >= 0.3 is 6.18 Å². The molecule has 1 aromatic heterocycles. The van der Waals surface area contributed by atoms with Crippen LogP contribution in [0.1, 0.15) is 25.0 Å². The molecule has 2 fully saturated rings. The zero-order valence-corrected chi connectivity index (χ0v) is 9.95. The van der Waals surface area contributed by atoms with Crippen molar-refractivity contribution in [2.24, 2.45) is 11.8 Å². The summed E-state index contributed by atoms with van der Waals surface area (Å²) in [6.45, 7) is 1.50. The third-order valence-corrected chi connectivity index (χ3v) is 4.12. The molecule has 98 valence electrons. The second kappa shape index (κ2) is 4.14. The van der Waals surface area contributed by atoms with Gasteiger partial charge in [0.05, 0.1) is 5.69 Å². The Morgan fingerprint density at radius 2 is 1.83 bits per heavy atom. The van der Waals surface area contributed by atoms with E-state index in [9.17, 15) is 13.2 Å². The number of hydrogen-bond donors (Lipinski definition) is 0. The molecule has 18 heavy (non-hydrogen) atoms. The summed E-state index contributed by atoms with van der Waals surface area (Å²) in [7, 11) is 0. The highest BCUT2D eigenvalue weighted by molar-refractivity contribution is 5.52. The van der Waals surface area contributed by atoms with Crippen molar-refractivity contribution in [3.8, 4) is 0 Å². The molecule has 2 nitrogen and oxygen atoms in total. The number of nitrogens with zero attached hydrogens (tertiary/aromatic N) is 2. The van der Waals surface area contributed by atoms with Crippen LogP contribution in [0.4, 0.5) is 18.9 Å². The number of aromatic nitrogens is 1. The van der Waals surface area contributed by atoms with E-state index in [-0.39, 0.29) is 5.69 Å². The zero-order valence-electron chi connectivity index (χ0n) is 9.95. The Labute approximate surface area is 104 Å². The normalized spacial score (nSPS) is 27.6. The second-order valence-electron chi connectivity index (χ2n) is 5.22. The van der Waals surface area contributed by atoms with Crippen LogP contribution in [0.5, 0.6) is 0 Å². The lowest BCUT2D eigenvalue weighted by molar-refractivity contribution is -0.140. The summed E-state index contributed by atoms with van der Waals surface area (Å²) in [4.78, 5) is 5.39. The van der Waals surface area contributed by atoms with E-state index >= 15 is 0 Å². The van der Waals surface area contributed by atoms with E-state index in [0.29, 0.717) is 11.8 Å². The molecule has 0 aromatic carbocycles. The van der Waals surface area contributed by atoms with Crippen molar-refractivity contribution in [2.45, 2.75) is 25.4 Å². The molecule has 1 aliphatic carbocycles. The molecule has 0 amide bonds. The Hall–Kier alpha value is -1.26. The van der Waals surface area contributed by atoms with E-state index < -0.39 is 11.9 Å². The molecular weight excluding hydrogens is 241 g/mol. The highest BCUT2D eigenvalue weighted by Crippen LogP contribution is 2.42. The summed E-state index contributed by atoms with van der Waals surface area (Å²) in [6, 6.07) is 3.12. The maximum Gasteiger partial charge on any atom is 0.435 e. The average Bonchev–Trinajstić information content (AvgIpc) is 2.87. The van der Waals surface area contributed by atoms with Crippen LogP contribution in [-0.2, 0) is 6.18 Å². The lowest BCUT2D eigenvalue weighted by atomic mass is 10.0. The Morgan fingerprint density at radius 1 is 1.17 bits per heavy atom. The smallest absolute Gasteiger partial charge is 0.369 e. The van der Waals surface area contributed by atoms with Crippen LogP contribution in [-0.4, -0.2) is 18.1 Å². The molecule has 1 aromatic rings. The minimum Gasteiger partial charge on any atom is -0.369 e. The number of hydrogen-bond acceptors (Lipinski definition) is 2. The van der Waals surface area contributed by atoms with E-state index in [0.717, 1.165) is 25.9 Å². The molecule has 1 saturated heterocycles. The quantitative estimate of drug-likeness (QED) is 0.766. The van der Waals surface area contributed by atoms with E-state index in [4.69, 9.17) is 0 Å². The number of anilines is 1. The molecule has 3 rings (SSSR count). The maximum atomic E-state index is 12.9. The fraction of sp³-hybridized carbons (Fsp3) is 0.615. The van der Waals surface area contributed by atoms with Crippen molar-refractivity contribution in [2.75, 3.05) is 18.0 Å². The lowest BCUT2D eigenvalue weighted by Crippen LogP contribution is -2.25. The van der Waals surface area contributed by atoms with Crippen molar-refractivity contribution in [3.05, 3.63) is 24.0 Å². The minimum absolute atomic E-state index is 0.249. The first-order chi connectivity index (χ1) is 8.55. The van der Waals surface area contributed by atoms with Crippen molar-refractivity contribution in [3.63, 3.8) is 0 Å². The van der Waals surface area contributed by atoms with Gasteiger partial charge in [-0.25, -0.2) is 4.98 Å². The molecular formula is C13H15F3N2. The van der Waals surface area contributed by atoms with Gasteiger partial charge in [-0.3, -0.25) is 0 Å². The molecule has 5 heteroatoms. The molecule has 2 atom stereocenters. The van der Waals surface area contributed by atoms with Gasteiger partial charge in [0.15, 0.2) is 5.69 Å². The Morgan fingerprint density at radius 3 is 2.44 bits per heavy atom. The fourth-order valence-corrected chi connectivity index (χ4v) is 3.30.